The minimum absolute atomic E-state index is 0.271. The van der Waals surface area contributed by atoms with E-state index < -0.39 is 6.43 Å². The molecular formula is C13H14F2N2. The Bertz CT molecular complexity index is 550. The fourth-order valence-electron chi connectivity index (χ4n) is 1.76. The van der Waals surface area contributed by atoms with Crippen LogP contribution in [0.2, 0.25) is 0 Å². The average Bonchev–Trinajstić information content (AvgIpc) is 2.28. The summed E-state index contributed by atoms with van der Waals surface area (Å²) >= 11 is 0. The summed E-state index contributed by atoms with van der Waals surface area (Å²) in [5.74, 6) is 0.369. The highest BCUT2D eigenvalue weighted by Crippen LogP contribution is 2.28. The number of benzene rings is 1. The molecule has 0 fully saturated rings. The Morgan fingerprint density at radius 3 is 2.47 bits per heavy atom. The van der Waals surface area contributed by atoms with Crippen LogP contribution in [-0.4, -0.2) is 4.98 Å². The van der Waals surface area contributed by atoms with Gasteiger partial charge in [0, 0.05) is 11.1 Å². The van der Waals surface area contributed by atoms with Crippen molar-refractivity contribution in [3.05, 3.63) is 35.5 Å². The third kappa shape index (κ3) is 2.20. The van der Waals surface area contributed by atoms with Crippen molar-refractivity contribution in [2.75, 3.05) is 5.73 Å². The lowest BCUT2D eigenvalue weighted by Gasteiger charge is -2.09. The van der Waals surface area contributed by atoms with E-state index in [1.165, 1.54) is 6.07 Å². The van der Waals surface area contributed by atoms with Crippen LogP contribution in [-0.2, 0) is 0 Å². The lowest BCUT2D eigenvalue weighted by atomic mass is 10.0. The smallest absolute Gasteiger partial charge is 0.280 e. The third-order valence-electron chi connectivity index (χ3n) is 2.77. The van der Waals surface area contributed by atoms with Crippen molar-refractivity contribution >= 4 is 16.6 Å². The molecule has 0 atom stereocenters. The number of nitrogen functional groups attached to an aromatic ring is 1. The molecule has 2 rings (SSSR count). The molecule has 1 aromatic heterocycles. The highest BCUT2D eigenvalue weighted by Gasteiger charge is 2.12. The zero-order valence-electron chi connectivity index (χ0n) is 9.74. The molecule has 0 bridgehead atoms. The Hall–Kier alpha value is -1.71. The molecule has 0 aliphatic rings. The first-order valence-corrected chi connectivity index (χ1v) is 5.47. The topological polar surface area (TPSA) is 38.9 Å². The molecule has 0 radical (unpaired) electrons. The molecule has 0 saturated carbocycles. The second-order valence-corrected chi connectivity index (χ2v) is 4.37. The number of pyridine rings is 1. The zero-order valence-corrected chi connectivity index (χ0v) is 9.74. The van der Waals surface area contributed by atoms with Gasteiger partial charge >= 0.3 is 0 Å². The first-order valence-electron chi connectivity index (χ1n) is 5.47. The van der Waals surface area contributed by atoms with E-state index in [-0.39, 0.29) is 5.69 Å². The Morgan fingerprint density at radius 2 is 1.88 bits per heavy atom. The monoisotopic (exact) mass is 236 g/mol. The summed E-state index contributed by atoms with van der Waals surface area (Å²) in [6.45, 7) is 4.14. The van der Waals surface area contributed by atoms with Crippen molar-refractivity contribution in [3.63, 3.8) is 0 Å². The lowest BCUT2D eigenvalue weighted by Crippen LogP contribution is -1.97. The number of hydrogen-bond acceptors (Lipinski definition) is 2. The quantitative estimate of drug-likeness (QED) is 0.859. The molecule has 0 amide bonds. The summed E-state index contributed by atoms with van der Waals surface area (Å²) in [6.07, 6.45) is -2.59. The van der Waals surface area contributed by atoms with Gasteiger partial charge in [-0.15, -0.1) is 0 Å². The Morgan fingerprint density at radius 1 is 1.18 bits per heavy atom. The van der Waals surface area contributed by atoms with Crippen molar-refractivity contribution in [2.45, 2.75) is 26.2 Å². The van der Waals surface area contributed by atoms with Gasteiger partial charge in [0.05, 0.1) is 5.52 Å². The molecule has 2 aromatic rings. The van der Waals surface area contributed by atoms with Gasteiger partial charge in [-0.05, 0) is 29.7 Å². The van der Waals surface area contributed by atoms with E-state index in [2.05, 4.69) is 18.8 Å². The SMILES string of the molecule is CC(C)c1ccc2nc(C(F)F)cc(N)c2c1. The predicted molar refractivity (Wildman–Crippen MR) is 65.2 cm³/mol. The molecule has 1 aromatic carbocycles. The number of hydrogen-bond donors (Lipinski definition) is 1. The van der Waals surface area contributed by atoms with Crippen LogP contribution in [0.4, 0.5) is 14.5 Å². The minimum atomic E-state index is -2.59. The van der Waals surface area contributed by atoms with E-state index in [0.717, 1.165) is 10.9 Å². The number of aromatic nitrogens is 1. The summed E-state index contributed by atoms with van der Waals surface area (Å²) in [5, 5.41) is 0.737. The van der Waals surface area contributed by atoms with E-state index in [1.54, 1.807) is 6.07 Å². The fourth-order valence-corrected chi connectivity index (χ4v) is 1.76. The number of alkyl halides is 2. The predicted octanol–water partition coefficient (Wildman–Crippen LogP) is 3.88. The third-order valence-corrected chi connectivity index (χ3v) is 2.77. The number of fused-ring (bicyclic) bond motifs is 1. The molecule has 0 aliphatic heterocycles. The summed E-state index contributed by atoms with van der Waals surface area (Å²) in [4.78, 5) is 3.91. The van der Waals surface area contributed by atoms with E-state index >= 15 is 0 Å². The number of rotatable bonds is 2. The standard InChI is InChI=1S/C13H14F2N2/c1-7(2)8-3-4-11-9(5-8)10(16)6-12(17-11)13(14)15/h3-7,13H,1-2H3,(H2,16,17). The summed E-state index contributed by atoms with van der Waals surface area (Å²) in [6, 6.07) is 6.80. The van der Waals surface area contributed by atoms with Gasteiger partial charge in [-0.3, -0.25) is 0 Å². The first kappa shape index (κ1) is 11.8. The van der Waals surface area contributed by atoms with Gasteiger partial charge in [-0.25, -0.2) is 13.8 Å². The average molecular weight is 236 g/mol. The molecule has 0 unspecified atom stereocenters. The number of halogens is 2. The van der Waals surface area contributed by atoms with Gasteiger partial charge in [0.1, 0.15) is 5.69 Å². The van der Waals surface area contributed by atoms with Crippen molar-refractivity contribution < 1.29 is 8.78 Å². The van der Waals surface area contributed by atoms with Gasteiger partial charge in [0.2, 0.25) is 0 Å². The molecule has 1 heterocycles. The van der Waals surface area contributed by atoms with Gasteiger partial charge in [0.25, 0.3) is 6.43 Å². The van der Waals surface area contributed by atoms with Crippen LogP contribution in [0, 0.1) is 0 Å². The fraction of sp³-hybridized carbons (Fsp3) is 0.308. The van der Waals surface area contributed by atoms with Gasteiger partial charge in [0.15, 0.2) is 0 Å². The Kier molecular flexibility index (Phi) is 2.96. The minimum Gasteiger partial charge on any atom is -0.398 e. The van der Waals surface area contributed by atoms with E-state index in [1.807, 2.05) is 12.1 Å². The second kappa shape index (κ2) is 4.28. The van der Waals surface area contributed by atoms with Crippen LogP contribution in [0.3, 0.4) is 0 Å². The van der Waals surface area contributed by atoms with Crippen LogP contribution < -0.4 is 5.73 Å². The van der Waals surface area contributed by atoms with Crippen LogP contribution in [0.1, 0.15) is 37.4 Å². The number of nitrogens with two attached hydrogens (primary N) is 1. The molecular weight excluding hydrogens is 222 g/mol. The molecule has 17 heavy (non-hydrogen) atoms. The van der Waals surface area contributed by atoms with Crippen molar-refractivity contribution in [2.24, 2.45) is 0 Å². The first-order chi connectivity index (χ1) is 7.99. The summed E-state index contributed by atoms with van der Waals surface area (Å²) in [7, 11) is 0. The van der Waals surface area contributed by atoms with Crippen LogP contribution >= 0.6 is 0 Å². The van der Waals surface area contributed by atoms with Gasteiger partial charge in [-0.1, -0.05) is 19.9 Å². The molecule has 2 N–H and O–H groups in total. The Balaban J connectivity index is 2.64. The van der Waals surface area contributed by atoms with Crippen molar-refractivity contribution in [1.82, 2.24) is 4.98 Å². The second-order valence-electron chi connectivity index (χ2n) is 4.37. The van der Waals surface area contributed by atoms with Gasteiger partial charge < -0.3 is 5.73 Å². The zero-order chi connectivity index (χ0) is 12.6. The maximum Gasteiger partial charge on any atom is 0.280 e. The molecule has 90 valence electrons. The maximum absolute atomic E-state index is 12.6. The maximum atomic E-state index is 12.6. The highest BCUT2D eigenvalue weighted by molar-refractivity contribution is 5.90. The van der Waals surface area contributed by atoms with Gasteiger partial charge in [-0.2, -0.15) is 0 Å². The molecule has 0 saturated heterocycles. The summed E-state index contributed by atoms with van der Waals surface area (Å²) < 4.78 is 25.1. The van der Waals surface area contributed by atoms with E-state index in [4.69, 9.17) is 5.73 Å². The van der Waals surface area contributed by atoms with Crippen LogP contribution in [0.5, 0.6) is 0 Å². The van der Waals surface area contributed by atoms with Crippen LogP contribution in [0.15, 0.2) is 24.3 Å². The van der Waals surface area contributed by atoms with Crippen molar-refractivity contribution in [1.29, 1.82) is 0 Å². The highest BCUT2D eigenvalue weighted by atomic mass is 19.3. The van der Waals surface area contributed by atoms with Crippen molar-refractivity contribution in [3.8, 4) is 0 Å². The summed E-state index contributed by atoms with van der Waals surface area (Å²) in [5.41, 5.74) is 7.51. The molecule has 4 heteroatoms. The Labute approximate surface area is 98.5 Å². The largest absolute Gasteiger partial charge is 0.398 e. The lowest BCUT2D eigenvalue weighted by molar-refractivity contribution is 0.146. The van der Waals surface area contributed by atoms with E-state index in [9.17, 15) is 8.78 Å². The molecule has 0 aliphatic carbocycles. The molecule has 2 nitrogen and oxygen atoms in total. The number of anilines is 1. The normalized spacial score (nSPS) is 11.6. The molecule has 0 spiro atoms. The van der Waals surface area contributed by atoms with Crippen LogP contribution in [0.25, 0.3) is 10.9 Å². The number of nitrogens with zero attached hydrogens (tertiary/aromatic N) is 1. The van der Waals surface area contributed by atoms with E-state index in [0.29, 0.717) is 17.1 Å².